The average molecular weight is 780 g/mol. The molecule has 0 unspecified atom stereocenters. The highest BCUT2D eigenvalue weighted by Gasteiger charge is 2.45. The van der Waals surface area contributed by atoms with Crippen molar-refractivity contribution in [2.24, 2.45) is 0 Å². The summed E-state index contributed by atoms with van der Waals surface area (Å²) in [7, 11) is 0. The Hall–Kier alpha value is -6.72. The van der Waals surface area contributed by atoms with E-state index in [0.29, 0.717) is 55.3 Å². The van der Waals surface area contributed by atoms with Gasteiger partial charge in [-0.1, -0.05) is 120 Å². The van der Waals surface area contributed by atoms with Gasteiger partial charge >= 0.3 is 0 Å². The number of ketones is 2. The zero-order valence-corrected chi connectivity index (χ0v) is 31.9. The van der Waals surface area contributed by atoms with Crippen molar-refractivity contribution >= 4 is 34.8 Å². The van der Waals surface area contributed by atoms with Crippen molar-refractivity contribution in [1.29, 1.82) is 0 Å². The van der Waals surface area contributed by atoms with E-state index >= 15 is 0 Å². The maximum absolute atomic E-state index is 13.0. The lowest BCUT2D eigenvalue weighted by Crippen LogP contribution is -2.28. The molecule has 4 nitrogen and oxygen atoms in total. The Labute approximate surface area is 340 Å². The summed E-state index contributed by atoms with van der Waals surface area (Å²) in [6.07, 6.45) is 0. The third-order valence-electron chi connectivity index (χ3n) is 10.4. The van der Waals surface area contributed by atoms with Gasteiger partial charge in [-0.3, -0.25) is 9.59 Å². The highest BCUT2D eigenvalue weighted by molar-refractivity contribution is 6.31. The Morgan fingerprint density at radius 3 is 1.09 bits per heavy atom. The Kier molecular flexibility index (Phi) is 9.51. The molecule has 0 amide bonds. The average Bonchev–Trinajstić information content (AvgIpc) is 3.55. The number of benzene rings is 8. The minimum absolute atomic E-state index is 0.104. The number of hydrogen-bond acceptors (Lipinski definition) is 4. The first-order valence-electron chi connectivity index (χ1n) is 18.4. The fourth-order valence-corrected chi connectivity index (χ4v) is 8.16. The maximum atomic E-state index is 13.0. The molecule has 6 heteroatoms. The molecule has 1 aliphatic carbocycles. The molecular weight excluding hydrogens is 747 g/mol. The minimum Gasteiger partial charge on any atom is -0.457 e. The van der Waals surface area contributed by atoms with Crippen molar-refractivity contribution in [2.45, 2.75) is 5.41 Å². The summed E-state index contributed by atoms with van der Waals surface area (Å²) in [5.74, 6) is 2.38. The predicted octanol–water partition coefficient (Wildman–Crippen LogP) is 13.4. The molecule has 8 aromatic carbocycles. The molecule has 0 N–H and O–H groups in total. The molecule has 0 atom stereocenters. The molecule has 0 fully saturated rings. The van der Waals surface area contributed by atoms with E-state index in [9.17, 15) is 9.59 Å². The summed E-state index contributed by atoms with van der Waals surface area (Å²) in [6.45, 7) is 0. The van der Waals surface area contributed by atoms with Crippen molar-refractivity contribution in [3.05, 3.63) is 249 Å². The Morgan fingerprint density at radius 1 is 0.368 bits per heavy atom. The van der Waals surface area contributed by atoms with E-state index in [0.717, 1.165) is 11.1 Å². The first kappa shape index (κ1) is 35.9. The van der Waals surface area contributed by atoms with Gasteiger partial charge in [-0.25, -0.2) is 0 Å². The van der Waals surface area contributed by atoms with Crippen LogP contribution in [-0.2, 0) is 5.41 Å². The summed E-state index contributed by atoms with van der Waals surface area (Å²) >= 11 is 12.2. The van der Waals surface area contributed by atoms with Crippen molar-refractivity contribution in [3.63, 3.8) is 0 Å². The van der Waals surface area contributed by atoms with E-state index in [1.54, 1.807) is 97.1 Å². The molecule has 0 spiro atoms. The lowest BCUT2D eigenvalue weighted by atomic mass is 9.68. The fourth-order valence-electron chi connectivity index (χ4n) is 7.78. The number of halogens is 2. The van der Waals surface area contributed by atoms with Gasteiger partial charge < -0.3 is 9.47 Å². The van der Waals surface area contributed by atoms with Gasteiger partial charge in [0.15, 0.2) is 11.6 Å². The van der Waals surface area contributed by atoms with Crippen molar-refractivity contribution in [1.82, 2.24) is 0 Å². The molecule has 0 radical (unpaired) electrons. The summed E-state index contributed by atoms with van der Waals surface area (Å²) in [5.41, 5.74) is 8.48. The Balaban J connectivity index is 1.00. The first-order valence-corrected chi connectivity index (χ1v) is 19.2. The molecule has 0 bridgehead atoms. The van der Waals surface area contributed by atoms with Crippen LogP contribution < -0.4 is 9.47 Å². The lowest BCUT2D eigenvalue weighted by Gasteiger charge is -2.34. The Bertz CT molecular complexity index is 2580. The van der Waals surface area contributed by atoms with Gasteiger partial charge in [0.1, 0.15) is 23.0 Å². The van der Waals surface area contributed by atoms with Crippen LogP contribution in [0, 0.1) is 0 Å². The largest absolute Gasteiger partial charge is 0.457 e. The molecule has 0 saturated carbocycles. The van der Waals surface area contributed by atoms with E-state index < -0.39 is 5.41 Å². The van der Waals surface area contributed by atoms with Crippen LogP contribution in [0.1, 0.15) is 54.1 Å². The Morgan fingerprint density at radius 2 is 0.719 bits per heavy atom. The van der Waals surface area contributed by atoms with Gasteiger partial charge in [0.25, 0.3) is 0 Å². The van der Waals surface area contributed by atoms with Crippen molar-refractivity contribution in [2.75, 3.05) is 0 Å². The third-order valence-corrected chi connectivity index (χ3v) is 10.9. The summed E-state index contributed by atoms with van der Waals surface area (Å²) < 4.78 is 12.6. The van der Waals surface area contributed by atoms with E-state index in [1.807, 2.05) is 24.3 Å². The van der Waals surface area contributed by atoms with Crippen LogP contribution >= 0.6 is 23.2 Å². The molecule has 0 aromatic heterocycles. The fraction of sp³-hybridized carbons (Fsp3) is 0.0196. The number of rotatable bonds is 10. The number of hydrogen-bond donors (Lipinski definition) is 0. The monoisotopic (exact) mass is 778 g/mol. The standard InChI is InChI=1S/C51H32Cl2O4/c52-39-9-5-7-35(31-39)49(54)33-15-23-41(24-16-33)56-43-27-19-37(20-28-43)51(47-13-3-1-11-45(47)46-12-2-4-14-48(46)51)38-21-29-44(30-22-38)57-42-25-17-34(18-26-42)50(55)36-8-6-10-40(53)32-36/h1-32H. The minimum atomic E-state index is -0.616. The highest BCUT2D eigenvalue weighted by Crippen LogP contribution is 2.56. The molecule has 274 valence electrons. The van der Waals surface area contributed by atoms with Gasteiger partial charge in [0.05, 0.1) is 5.41 Å². The van der Waals surface area contributed by atoms with Gasteiger partial charge in [0, 0.05) is 32.3 Å². The molecule has 0 aliphatic heterocycles. The van der Waals surface area contributed by atoms with Crippen LogP contribution in [0.15, 0.2) is 194 Å². The van der Waals surface area contributed by atoms with Crippen LogP contribution in [0.25, 0.3) is 11.1 Å². The molecule has 1 aliphatic rings. The van der Waals surface area contributed by atoms with Crippen LogP contribution in [0.5, 0.6) is 23.0 Å². The van der Waals surface area contributed by atoms with Crippen molar-refractivity contribution in [3.8, 4) is 34.1 Å². The zero-order valence-electron chi connectivity index (χ0n) is 30.4. The van der Waals surface area contributed by atoms with Crippen LogP contribution in [-0.4, -0.2) is 11.6 Å². The quantitative estimate of drug-likeness (QED) is 0.130. The lowest BCUT2D eigenvalue weighted by molar-refractivity contribution is 0.103. The normalized spacial score (nSPS) is 12.3. The number of ether oxygens (including phenoxy) is 2. The molecule has 0 heterocycles. The third kappa shape index (κ3) is 6.80. The number of carbonyl (C=O) groups excluding carboxylic acids is 2. The van der Waals surface area contributed by atoms with E-state index in [4.69, 9.17) is 32.7 Å². The molecule has 9 rings (SSSR count). The van der Waals surface area contributed by atoms with Crippen molar-refractivity contribution < 1.29 is 19.1 Å². The maximum Gasteiger partial charge on any atom is 0.193 e. The number of fused-ring (bicyclic) bond motifs is 3. The highest BCUT2D eigenvalue weighted by atomic mass is 35.5. The SMILES string of the molecule is O=C(c1ccc(Oc2ccc(C3(c4ccc(Oc5ccc(C(=O)c6cccc(Cl)c6)cc5)cc4)c4ccccc4-c4ccccc43)cc2)cc1)c1cccc(Cl)c1. The second-order valence-corrected chi connectivity index (χ2v) is 14.7. The summed E-state index contributed by atoms with van der Waals surface area (Å²) in [5, 5.41) is 1.04. The molecule has 0 saturated heterocycles. The van der Waals surface area contributed by atoms with E-state index in [2.05, 4.69) is 72.8 Å². The van der Waals surface area contributed by atoms with Crippen LogP contribution in [0.2, 0.25) is 10.0 Å². The van der Waals surface area contributed by atoms with Crippen LogP contribution in [0.3, 0.4) is 0 Å². The van der Waals surface area contributed by atoms with Gasteiger partial charge in [0.2, 0.25) is 0 Å². The molecular formula is C51H32Cl2O4. The van der Waals surface area contributed by atoms with Gasteiger partial charge in [-0.15, -0.1) is 0 Å². The second kappa shape index (κ2) is 15.1. The predicted molar refractivity (Wildman–Crippen MR) is 227 cm³/mol. The van der Waals surface area contributed by atoms with E-state index in [1.165, 1.54) is 22.3 Å². The molecule has 57 heavy (non-hydrogen) atoms. The van der Waals surface area contributed by atoms with Gasteiger partial charge in [-0.05, 0) is 130 Å². The smallest absolute Gasteiger partial charge is 0.193 e. The van der Waals surface area contributed by atoms with Gasteiger partial charge in [-0.2, -0.15) is 0 Å². The first-order chi connectivity index (χ1) is 27.9. The number of carbonyl (C=O) groups is 2. The zero-order chi connectivity index (χ0) is 38.9. The summed E-state index contributed by atoms with van der Waals surface area (Å²) in [6, 6.07) is 61.8. The van der Waals surface area contributed by atoms with E-state index in [-0.39, 0.29) is 11.6 Å². The van der Waals surface area contributed by atoms with Crippen LogP contribution in [0.4, 0.5) is 0 Å². The molecule has 8 aromatic rings. The summed E-state index contributed by atoms with van der Waals surface area (Å²) in [4.78, 5) is 26.0. The topological polar surface area (TPSA) is 52.6 Å². The second-order valence-electron chi connectivity index (χ2n) is 13.8.